The number of nitrogens with zero attached hydrogens (tertiary/aromatic N) is 2. The number of nitrogens with one attached hydrogen (secondary N) is 1. The molecule has 0 fully saturated rings. The highest BCUT2D eigenvalue weighted by Crippen LogP contribution is 2.38. The molecule has 0 radical (unpaired) electrons. The third kappa shape index (κ3) is 5.87. The average molecular weight is 542 g/mol. The molecule has 1 atom stereocenters. The monoisotopic (exact) mass is 541 g/mol. The molecule has 2 aromatic carbocycles. The lowest BCUT2D eigenvalue weighted by Gasteiger charge is -2.37. The molecule has 0 saturated heterocycles. The summed E-state index contributed by atoms with van der Waals surface area (Å²) in [5, 5.41) is 4.67. The second kappa shape index (κ2) is 11.5. The maximum absolute atomic E-state index is 13.7. The van der Waals surface area contributed by atoms with Crippen LogP contribution in [0, 0.1) is 0 Å². The number of thiophene rings is 1. The summed E-state index contributed by atoms with van der Waals surface area (Å²) in [6, 6.07) is 15.4. The van der Waals surface area contributed by atoms with Gasteiger partial charge < -0.3 is 15.0 Å². The number of sulfonamides is 1. The van der Waals surface area contributed by atoms with E-state index in [1.54, 1.807) is 35.5 Å². The van der Waals surface area contributed by atoms with Crippen molar-refractivity contribution in [2.75, 3.05) is 32.1 Å². The second-order valence-electron chi connectivity index (χ2n) is 8.86. The smallest absolute Gasteiger partial charge is 0.243 e. The van der Waals surface area contributed by atoms with Gasteiger partial charge in [-0.3, -0.25) is 9.59 Å². The minimum Gasteiger partial charge on any atom is -0.497 e. The van der Waals surface area contributed by atoms with Crippen molar-refractivity contribution >= 4 is 38.9 Å². The Balaban J connectivity index is 1.61. The third-order valence-corrected chi connectivity index (χ3v) is 9.17. The van der Waals surface area contributed by atoms with E-state index in [1.807, 2.05) is 42.6 Å². The van der Waals surface area contributed by atoms with Gasteiger partial charge >= 0.3 is 0 Å². The maximum Gasteiger partial charge on any atom is 0.243 e. The molecule has 0 aliphatic carbocycles. The van der Waals surface area contributed by atoms with Crippen molar-refractivity contribution in [1.29, 1.82) is 0 Å². The molecule has 1 unspecified atom stereocenters. The van der Waals surface area contributed by atoms with E-state index in [2.05, 4.69) is 5.32 Å². The van der Waals surface area contributed by atoms with Gasteiger partial charge in [0, 0.05) is 30.6 Å². The van der Waals surface area contributed by atoms with Crippen LogP contribution in [0.1, 0.15) is 42.3 Å². The number of benzene rings is 2. The first kappa shape index (κ1) is 26.8. The Morgan fingerprint density at radius 2 is 1.81 bits per heavy atom. The van der Waals surface area contributed by atoms with Crippen LogP contribution < -0.4 is 10.1 Å². The first-order valence-electron chi connectivity index (χ1n) is 12.1. The van der Waals surface area contributed by atoms with E-state index >= 15 is 0 Å². The zero-order valence-electron chi connectivity index (χ0n) is 21.1. The molecule has 37 heavy (non-hydrogen) atoms. The highest BCUT2D eigenvalue weighted by Gasteiger charge is 2.35. The number of ether oxygens (including phenoxy) is 1. The van der Waals surface area contributed by atoms with E-state index in [-0.39, 0.29) is 35.8 Å². The van der Waals surface area contributed by atoms with Crippen LogP contribution in [0.4, 0.5) is 5.69 Å². The number of hydrogen-bond donors (Lipinski definition) is 1. The number of methoxy groups -OCH3 is 1. The van der Waals surface area contributed by atoms with E-state index in [4.69, 9.17) is 4.74 Å². The quantitative estimate of drug-likeness (QED) is 0.436. The van der Waals surface area contributed by atoms with Crippen LogP contribution in [0.5, 0.6) is 5.75 Å². The number of rotatable bonds is 9. The number of fused-ring (bicyclic) bond motifs is 1. The van der Waals surface area contributed by atoms with Crippen LogP contribution in [0.15, 0.2) is 64.9 Å². The van der Waals surface area contributed by atoms with Gasteiger partial charge in [0.25, 0.3) is 0 Å². The van der Waals surface area contributed by atoms with Gasteiger partial charge in [0.15, 0.2) is 0 Å². The summed E-state index contributed by atoms with van der Waals surface area (Å²) in [5.74, 6) is 0.243. The van der Waals surface area contributed by atoms with Crippen molar-refractivity contribution < 1.29 is 22.7 Å². The number of hydrogen-bond acceptors (Lipinski definition) is 6. The van der Waals surface area contributed by atoms with E-state index in [0.29, 0.717) is 18.7 Å². The van der Waals surface area contributed by atoms with E-state index < -0.39 is 10.0 Å². The largest absolute Gasteiger partial charge is 0.497 e. The zero-order valence-corrected chi connectivity index (χ0v) is 22.8. The van der Waals surface area contributed by atoms with Gasteiger partial charge in [0.1, 0.15) is 5.75 Å². The summed E-state index contributed by atoms with van der Waals surface area (Å²) >= 11 is 1.68. The molecular weight excluding hydrogens is 510 g/mol. The van der Waals surface area contributed by atoms with E-state index in [0.717, 1.165) is 23.3 Å². The summed E-state index contributed by atoms with van der Waals surface area (Å²) in [5.41, 5.74) is 2.53. The van der Waals surface area contributed by atoms with Gasteiger partial charge in [-0.1, -0.05) is 19.1 Å². The van der Waals surface area contributed by atoms with Gasteiger partial charge in [-0.15, -0.1) is 11.3 Å². The normalized spacial score (nSPS) is 15.4. The van der Waals surface area contributed by atoms with E-state index in [9.17, 15) is 18.0 Å². The molecule has 0 spiro atoms. The molecule has 3 aromatic rings. The summed E-state index contributed by atoms with van der Waals surface area (Å²) in [6.07, 6.45) is 1.30. The Kier molecular flexibility index (Phi) is 8.31. The fraction of sp³-hybridized carbons (Fsp3) is 0.333. The average Bonchev–Trinajstić information content (AvgIpc) is 3.37. The van der Waals surface area contributed by atoms with Gasteiger partial charge in [0.2, 0.25) is 21.8 Å². The number of carbonyl (C=O) groups excluding carboxylic acids is 2. The molecule has 1 aliphatic rings. The lowest BCUT2D eigenvalue weighted by molar-refractivity contribution is -0.133. The van der Waals surface area contributed by atoms with E-state index in [1.165, 1.54) is 28.2 Å². The molecule has 2 amide bonds. The Labute approximate surface area is 221 Å². The number of carbonyl (C=O) groups is 2. The predicted octanol–water partition coefficient (Wildman–Crippen LogP) is 4.29. The topological polar surface area (TPSA) is 96.0 Å². The SMILES string of the molecule is CCCN(CC(=O)N1CCc2sccc2C1c1ccc(OC)cc1)S(=O)(=O)c1ccc(NC(C)=O)cc1. The van der Waals surface area contributed by atoms with Gasteiger partial charge in [-0.2, -0.15) is 4.31 Å². The lowest BCUT2D eigenvalue weighted by Crippen LogP contribution is -2.46. The Hall–Kier alpha value is -3.21. The van der Waals surface area contributed by atoms with Crippen LogP contribution in [-0.4, -0.2) is 56.2 Å². The highest BCUT2D eigenvalue weighted by atomic mass is 32.2. The molecule has 8 nitrogen and oxygen atoms in total. The summed E-state index contributed by atoms with van der Waals surface area (Å²) < 4.78 is 33.6. The standard InChI is InChI=1S/C27H31N3O5S2/c1-4-15-29(37(33,34)23-11-7-21(8-12-23)28-19(2)31)18-26(32)30-16-13-25-24(14-17-36-25)27(30)20-5-9-22(35-3)10-6-20/h5-12,14,17,27H,4,13,15-16,18H2,1-3H3,(H,28,31). The summed E-state index contributed by atoms with van der Waals surface area (Å²) in [6.45, 7) is 3.74. The highest BCUT2D eigenvalue weighted by molar-refractivity contribution is 7.89. The minimum absolute atomic E-state index is 0.0771. The van der Waals surface area contributed by atoms with Crippen LogP contribution in [0.2, 0.25) is 0 Å². The minimum atomic E-state index is -3.92. The maximum atomic E-state index is 13.7. The fourth-order valence-corrected chi connectivity index (χ4v) is 6.95. The molecule has 1 N–H and O–H groups in total. The second-order valence-corrected chi connectivity index (χ2v) is 11.8. The van der Waals surface area contributed by atoms with Crippen molar-refractivity contribution in [3.05, 3.63) is 76.0 Å². The molecule has 10 heteroatoms. The molecule has 2 heterocycles. The number of amides is 2. The first-order valence-corrected chi connectivity index (χ1v) is 14.4. The van der Waals surface area contributed by atoms with Crippen molar-refractivity contribution in [2.45, 2.75) is 37.6 Å². The summed E-state index contributed by atoms with van der Waals surface area (Å²) in [4.78, 5) is 28.1. The fourth-order valence-electron chi connectivity index (χ4n) is 4.57. The van der Waals surface area contributed by atoms with Crippen LogP contribution >= 0.6 is 11.3 Å². The van der Waals surface area contributed by atoms with Gasteiger partial charge in [0.05, 0.1) is 24.6 Å². The van der Waals surface area contributed by atoms with Crippen LogP contribution in [0.3, 0.4) is 0 Å². The van der Waals surface area contributed by atoms with Crippen molar-refractivity contribution in [2.24, 2.45) is 0 Å². The first-order chi connectivity index (χ1) is 17.7. The molecule has 0 bridgehead atoms. The predicted molar refractivity (Wildman–Crippen MR) is 144 cm³/mol. The lowest BCUT2D eigenvalue weighted by atomic mass is 9.93. The van der Waals surface area contributed by atoms with Crippen LogP contribution in [-0.2, 0) is 26.0 Å². The number of anilines is 1. The Morgan fingerprint density at radius 1 is 1.11 bits per heavy atom. The molecule has 1 aliphatic heterocycles. The van der Waals surface area contributed by atoms with Crippen molar-refractivity contribution in [3.63, 3.8) is 0 Å². The van der Waals surface area contributed by atoms with Gasteiger partial charge in [-0.05, 0) is 71.8 Å². The zero-order chi connectivity index (χ0) is 26.6. The van der Waals surface area contributed by atoms with Gasteiger partial charge in [-0.25, -0.2) is 8.42 Å². The molecule has 1 aromatic heterocycles. The van der Waals surface area contributed by atoms with Crippen molar-refractivity contribution in [3.8, 4) is 5.75 Å². The summed E-state index contributed by atoms with van der Waals surface area (Å²) in [7, 11) is -2.31. The Bertz CT molecular complexity index is 1350. The molecular formula is C27H31N3O5S2. The molecule has 0 saturated carbocycles. The Morgan fingerprint density at radius 3 is 2.43 bits per heavy atom. The molecule has 4 rings (SSSR count). The third-order valence-electron chi connectivity index (χ3n) is 6.31. The van der Waals surface area contributed by atoms with Crippen molar-refractivity contribution in [1.82, 2.24) is 9.21 Å². The molecule has 196 valence electrons. The van der Waals surface area contributed by atoms with Crippen LogP contribution in [0.25, 0.3) is 0 Å².